The third-order valence-electron chi connectivity index (χ3n) is 10.5. The molecule has 0 fully saturated rings. The standard InChI is InChI=1S/C47H66O7SSi2/c1-35(48)41(50-32-36-22-16-13-17-23-36)44(53-57(11,12)46(2,3)4)47(5,6)43(52-34-38-28-30-39(49-7)31-29-38)42(51-33-37-24-18-14-19-25-37)45(54-56(8,9)10)55-40-26-20-15-21-27-40/h13-31,41-45H,32-34H2,1-12H3. The lowest BCUT2D eigenvalue weighted by molar-refractivity contribution is -0.192. The molecule has 0 saturated carbocycles. The number of ether oxygens (including phenoxy) is 4. The zero-order valence-electron chi connectivity index (χ0n) is 36.2. The largest absolute Gasteiger partial charge is 0.497 e. The number of ketones is 1. The number of hydrogen-bond acceptors (Lipinski definition) is 8. The fraction of sp³-hybridized carbons (Fsp3) is 0.468. The first kappa shape index (κ1) is 46.6. The van der Waals surface area contributed by atoms with E-state index in [1.165, 1.54) is 0 Å². The van der Waals surface area contributed by atoms with Crippen LogP contribution in [0, 0.1) is 5.41 Å². The predicted octanol–water partition coefficient (Wildman–Crippen LogP) is 11.7. The van der Waals surface area contributed by atoms with Crippen molar-refractivity contribution in [2.75, 3.05) is 7.11 Å². The summed E-state index contributed by atoms with van der Waals surface area (Å²) in [7, 11) is -3.08. The highest BCUT2D eigenvalue weighted by Gasteiger charge is 2.54. The average Bonchev–Trinajstić information content (AvgIpc) is 3.15. The lowest BCUT2D eigenvalue weighted by Crippen LogP contribution is -2.61. The van der Waals surface area contributed by atoms with Gasteiger partial charge in [0.25, 0.3) is 0 Å². The van der Waals surface area contributed by atoms with Crippen LogP contribution in [0.5, 0.6) is 5.75 Å². The van der Waals surface area contributed by atoms with Crippen molar-refractivity contribution in [3.63, 3.8) is 0 Å². The Labute approximate surface area is 349 Å². The molecule has 0 aromatic heterocycles. The minimum atomic E-state index is -2.54. The Bertz CT molecular complexity index is 1780. The molecule has 0 saturated heterocycles. The molecule has 0 N–H and O–H groups in total. The Balaban J connectivity index is 1.93. The molecular weight excluding hydrogens is 765 g/mol. The summed E-state index contributed by atoms with van der Waals surface area (Å²) in [6.07, 6.45) is -2.88. The van der Waals surface area contributed by atoms with Crippen LogP contribution in [0.4, 0.5) is 0 Å². The SMILES string of the molecule is COc1ccc(COC(C(OCc2ccccc2)C(O[Si](C)(C)C)Sc2ccccc2)C(C)(C)C(O[Si](C)(C)C(C)(C)C)C(OCc2ccccc2)C(C)=O)cc1. The third kappa shape index (κ3) is 14.0. The van der Waals surface area contributed by atoms with Gasteiger partial charge in [0.05, 0.1) is 39.1 Å². The van der Waals surface area contributed by atoms with Crippen LogP contribution in [0.1, 0.15) is 58.2 Å². The molecule has 4 aromatic carbocycles. The molecular formula is C47H66O7SSi2. The van der Waals surface area contributed by atoms with Gasteiger partial charge in [-0.3, -0.25) is 4.79 Å². The normalized spacial score (nSPS) is 15.4. The van der Waals surface area contributed by atoms with Crippen molar-refractivity contribution in [1.82, 2.24) is 0 Å². The van der Waals surface area contributed by atoms with E-state index in [2.05, 4.69) is 91.6 Å². The van der Waals surface area contributed by atoms with Gasteiger partial charge in [0.15, 0.2) is 22.4 Å². The van der Waals surface area contributed by atoms with Crippen molar-refractivity contribution < 1.29 is 32.6 Å². The molecule has 7 nitrogen and oxygen atoms in total. The monoisotopic (exact) mass is 830 g/mol. The van der Waals surface area contributed by atoms with E-state index in [4.69, 9.17) is 27.8 Å². The molecule has 4 rings (SSSR count). The van der Waals surface area contributed by atoms with Crippen molar-refractivity contribution in [3.05, 3.63) is 132 Å². The van der Waals surface area contributed by atoms with Crippen molar-refractivity contribution in [2.45, 2.75) is 134 Å². The Morgan fingerprint density at radius 3 is 1.56 bits per heavy atom. The maximum absolute atomic E-state index is 14.0. The number of benzene rings is 4. The summed E-state index contributed by atoms with van der Waals surface area (Å²) in [5.41, 5.74) is 1.63. The number of rotatable bonds is 22. The Morgan fingerprint density at radius 1 is 0.614 bits per heavy atom. The molecule has 0 aliphatic rings. The van der Waals surface area contributed by atoms with Gasteiger partial charge >= 0.3 is 0 Å². The molecule has 4 aromatic rings. The first-order chi connectivity index (χ1) is 26.8. The minimum Gasteiger partial charge on any atom is -0.497 e. The third-order valence-corrected chi connectivity index (χ3v) is 17.3. The van der Waals surface area contributed by atoms with Crippen molar-refractivity contribution in [2.24, 2.45) is 5.41 Å². The van der Waals surface area contributed by atoms with Gasteiger partial charge in [-0.1, -0.05) is 137 Å². The molecule has 0 aliphatic carbocycles. The summed E-state index contributed by atoms with van der Waals surface area (Å²) in [5, 5.41) is -0.155. The zero-order chi connectivity index (χ0) is 41.9. The second-order valence-corrected chi connectivity index (χ2v) is 28.2. The number of methoxy groups -OCH3 is 1. The van der Waals surface area contributed by atoms with Crippen LogP contribution in [0.3, 0.4) is 0 Å². The fourth-order valence-corrected chi connectivity index (χ4v) is 10.5. The smallest absolute Gasteiger partial charge is 0.192 e. The molecule has 10 heteroatoms. The number of hydrogen-bond donors (Lipinski definition) is 0. The van der Waals surface area contributed by atoms with Gasteiger partial charge in [-0.15, -0.1) is 0 Å². The molecule has 0 bridgehead atoms. The molecule has 0 radical (unpaired) electrons. The summed E-state index contributed by atoms with van der Waals surface area (Å²) < 4.78 is 41.2. The van der Waals surface area contributed by atoms with Crippen LogP contribution in [0.2, 0.25) is 37.8 Å². The van der Waals surface area contributed by atoms with Crippen molar-refractivity contribution in [3.8, 4) is 5.75 Å². The Kier molecular flexibility index (Phi) is 17.0. The summed E-state index contributed by atoms with van der Waals surface area (Å²) in [6.45, 7) is 24.5. The minimum absolute atomic E-state index is 0.105. The molecule has 5 unspecified atom stereocenters. The second kappa shape index (κ2) is 20.8. The summed E-state index contributed by atoms with van der Waals surface area (Å²) in [6, 6.07) is 38.4. The number of carbonyl (C=O) groups is 1. The van der Waals surface area contributed by atoms with E-state index in [0.29, 0.717) is 6.61 Å². The van der Waals surface area contributed by atoms with Crippen LogP contribution < -0.4 is 4.74 Å². The number of carbonyl (C=O) groups excluding carboxylic acids is 1. The van der Waals surface area contributed by atoms with Gasteiger partial charge in [0.2, 0.25) is 0 Å². The van der Waals surface area contributed by atoms with Crippen molar-refractivity contribution >= 4 is 34.2 Å². The predicted molar refractivity (Wildman–Crippen MR) is 239 cm³/mol. The van der Waals surface area contributed by atoms with Gasteiger partial charge in [0, 0.05) is 10.3 Å². The van der Waals surface area contributed by atoms with Crippen LogP contribution in [-0.4, -0.2) is 59.4 Å². The van der Waals surface area contributed by atoms with Gasteiger partial charge in [-0.2, -0.15) is 0 Å². The summed E-state index contributed by atoms with van der Waals surface area (Å²) in [4.78, 5) is 15.1. The molecule has 0 aliphatic heterocycles. The van der Waals surface area contributed by atoms with E-state index in [9.17, 15) is 4.79 Å². The fourth-order valence-electron chi connectivity index (χ4n) is 6.29. The van der Waals surface area contributed by atoms with E-state index in [1.54, 1.807) is 25.8 Å². The van der Waals surface area contributed by atoms with Crippen LogP contribution >= 0.6 is 11.8 Å². The summed E-state index contributed by atoms with van der Waals surface area (Å²) in [5.74, 6) is 0.664. The average molecular weight is 831 g/mol. The molecule has 310 valence electrons. The Morgan fingerprint density at radius 2 is 1.09 bits per heavy atom. The van der Waals surface area contributed by atoms with Crippen LogP contribution in [0.15, 0.2) is 120 Å². The first-order valence-electron chi connectivity index (χ1n) is 19.9. The van der Waals surface area contributed by atoms with E-state index in [1.807, 2.05) is 91.0 Å². The topological polar surface area (TPSA) is 72.5 Å². The highest BCUT2D eigenvalue weighted by Crippen LogP contribution is 2.46. The van der Waals surface area contributed by atoms with E-state index >= 15 is 0 Å². The van der Waals surface area contributed by atoms with E-state index in [-0.39, 0.29) is 24.0 Å². The molecule has 0 heterocycles. The Hall–Kier alpha value is -3.07. The van der Waals surface area contributed by atoms with Gasteiger partial charge in [0.1, 0.15) is 23.4 Å². The maximum Gasteiger partial charge on any atom is 0.192 e. The first-order valence-corrected chi connectivity index (χ1v) is 27.1. The van der Waals surface area contributed by atoms with Gasteiger partial charge < -0.3 is 27.8 Å². The summed E-state index contributed by atoms with van der Waals surface area (Å²) >= 11 is 1.64. The maximum atomic E-state index is 14.0. The lowest BCUT2D eigenvalue weighted by atomic mass is 9.75. The van der Waals surface area contributed by atoms with Crippen LogP contribution in [-0.2, 0) is 47.7 Å². The molecule has 5 atom stereocenters. The second-order valence-electron chi connectivity index (χ2n) is 17.8. The van der Waals surface area contributed by atoms with Gasteiger partial charge in [-0.25, -0.2) is 0 Å². The van der Waals surface area contributed by atoms with E-state index in [0.717, 1.165) is 27.3 Å². The van der Waals surface area contributed by atoms with Crippen molar-refractivity contribution in [1.29, 1.82) is 0 Å². The molecule has 57 heavy (non-hydrogen) atoms. The molecule has 0 amide bonds. The molecule has 0 spiro atoms. The van der Waals surface area contributed by atoms with E-state index < -0.39 is 51.9 Å². The number of thioether (sulfide) groups is 1. The quantitative estimate of drug-likeness (QED) is 0.0441. The number of Topliss-reactive ketones (excluding diaryl/α,β-unsaturated/α-hetero) is 1. The van der Waals surface area contributed by atoms with Gasteiger partial charge in [-0.05, 0) is 85.7 Å². The highest BCUT2D eigenvalue weighted by atomic mass is 32.2. The lowest BCUT2D eigenvalue weighted by Gasteiger charge is -2.51. The highest BCUT2D eigenvalue weighted by molar-refractivity contribution is 7.99. The zero-order valence-corrected chi connectivity index (χ0v) is 39.1. The van der Waals surface area contributed by atoms with Crippen LogP contribution in [0.25, 0.3) is 0 Å².